The number of anilines is 2. The van der Waals surface area contributed by atoms with Crippen LogP contribution in [0.15, 0.2) is 36.4 Å². The van der Waals surface area contributed by atoms with E-state index >= 15 is 0 Å². The molecule has 4 N–H and O–H groups in total. The van der Waals surface area contributed by atoms with Gasteiger partial charge in [-0.3, -0.25) is 0 Å². The van der Waals surface area contributed by atoms with Gasteiger partial charge in [0.25, 0.3) is 0 Å². The van der Waals surface area contributed by atoms with Crippen molar-refractivity contribution in [3.8, 4) is 6.07 Å². The van der Waals surface area contributed by atoms with E-state index in [1.54, 1.807) is 0 Å². The largest absolute Gasteiger partial charge is 0.457 e. The van der Waals surface area contributed by atoms with Gasteiger partial charge >= 0.3 is 5.97 Å². The topological polar surface area (TPSA) is 102 Å². The first-order chi connectivity index (χ1) is 10.0. The zero-order valence-electron chi connectivity index (χ0n) is 11.0. The monoisotopic (exact) mass is 285 g/mol. The quantitative estimate of drug-likeness (QED) is 0.665. The molecule has 0 aliphatic rings. The van der Waals surface area contributed by atoms with E-state index in [9.17, 15) is 9.18 Å². The van der Waals surface area contributed by atoms with Crippen molar-refractivity contribution in [2.75, 3.05) is 11.5 Å². The van der Waals surface area contributed by atoms with Gasteiger partial charge in [0.05, 0.1) is 17.2 Å². The van der Waals surface area contributed by atoms with Gasteiger partial charge in [0.2, 0.25) is 0 Å². The SMILES string of the molecule is N#Cc1ccc(F)c(COC(=O)c2ccc(N)cc2N)c1. The first kappa shape index (κ1) is 14.3. The lowest BCUT2D eigenvalue weighted by atomic mass is 10.1. The molecule has 0 fully saturated rings. The molecular weight excluding hydrogens is 273 g/mol. The number of ether oxygens (including phenoxy) is 1. The number of nitrogen functional groups attached to an aromatic ring is 2. The molecule has 0 aromatic heterocycles. The maximum Gasteiger partial charge on any atom is 0.340 e. The number of halogens is 1. The molecule has 2 rings (SSSR count). The van der Waals surface area contributed by atoms with Gasteiger partial charge in [-0.05, 0) is 36.4 Å². The lowest BCUT2D eigenvalue weighted by Gasteiger charge is -2.08. The number of carbonyl (C=O) groups is 1. The van der Waals surface area contributed by atoms with Gasteiger partial charge in [-0.15, -0.1) is 0 Å². The summed E-state index contributed by atoms with van der Waals surface area (Å²) in [4.78, 5) is 11.9. The average Bonchev–Trinajstić information content (AvgIpc) is 2.46. The van der Waals surface area contributed by atoms with Gasteiger partial charge in [-0.2, -0.15) is 5.26 Å². The van der Waals surface area contributed by atoms with Crippen molar-refractivity contribution in [2.45, 2.75) is 6.61 Å². The van der Waals surface area contributed by atoms with Crippen molar-refractivity contribution >= 4 is 17.3 Å². The molecule has 0 atom stereocenters. The maximum atomic E-state index is 13.5. The fraction of sp³-hybridized carbons (Fsp3) is 0.0667. The lowest BCUT2D eigenvalue weighted by molar-refractivity contribution is 0.0470. The van der Waals surface area contributed by atoms with E-state index in [0.29, 0.717) is 5.69 Å². The normalized spacial score (nSPS) is 9.90. The molecule has 0 bridgehead atoms. The van der Waals surface area contributed by atoms with Crippen molar-refractivity contribution in [3.05, 3.63) is 58.9 Å². The van der Waals surface area contributed by atoms with Crippen LogP contribution in [0, 0.1) is 17.1 Å². The summed E-state index contributed by atoms with van der Waals surface area (Å²) >= 11 is 0. The number of hydrogen-bond donors (Lipinski definition) is 2. The Bertz CT molecular complexity index is 738. The van der Waals surface area contributed by atoms with Crippen LogP contribution in [0.3, 0.4) is 0 Å². The van der Waals surface area contributed by atoms with E-state index < -0.39 is 11.8 Å². The van der Waals surface area contributed by atoms with E-state index in [4.69, 9.17) is 21.5 Å². The van der Waals surface area contributed by atoms with Crippen LogP contribution in [0.2, 0.25) is 0 Å². The van der Waals surface area contributed by atoms with Crippen LogP contribution in [-0.4, -0.2) is 5.97 Å². The summed E-state index contributed by atoms with van der Waals surface area (Å²) in [6.07, 6.45) is 0. The van der Waals surface area contributed by atoms with Crippen LogP contribution in [-0.2, 0) is 11.3 Å². The van der Waals surface area contributed by atoms with Crippen LogP contribution in [0.5, 0.6) is 0 Å². The minimum atomic E-state index is -0.686. The molecule has 0 radical (unpaired) electrons. The van der Waals surface area contributed by atoms with E-state index in [0.717, 1.165) is 6.07 Å². The smallest absolute Gasteiger partial charge is 0.340 e. The van der Waals surface area contributed by atoms with E-state index in [2.05, 4.69) is 0 Å². The summed E-state index contributed by atoms with van der Waals surface area (Å²) < 4.78 is 18.6. The number of nitrogens with zero attached hydrogens (tertiary/aromatic N) is 1. The average molecular weight is 285 g/mol. The predicted octanol–water partition coefficient (Wildman–Crippen LogP) is 2.22. The fourth-order valence-corrected chi connectivity index (χ4v) is 1.74. The van der Waals surface area contributed by atoms with Gasteiger partial charge < -0.3 is 16.2 Å². The molecule has 106 valence electrons. The molecule has 6 heteroatoms. The number of benzene rings is 2. The molecule has 0 aliphatic heterocycles. The van der Waals surface area contributed by atoms with Crippen LogP contribution >= 0.6 is 0 Å². The molecule has 2 aromatic rings. The van der Waals surface area contributed by atoms with Gasteiger partial charge in [0, 0.05) is 16.9 Å². The number of carbonyl (C=O) groups excluding carboxylic acids is 1. The standard InChI is InChI=1S/C15H12FN3O2/c16-13-4-1-9(7-17)5-10(13)8-21-15(20)12-3-2-11(18)6-14(12)19/h1-6H,8,18-19H2. The second-order valence-corrected chi connectivity index (χ2v) is 4.34. The van der Waals surface area contributed by atoms with E-state index in [-0.39, 0.29) is 29.0 Å². The summed E-state index contributed by atoms with van der Waals surface area (Å²) in [5.41, 5.74) is 12.4. The number of nitrogens with two attached hydrogens (primary N) is 2. The van der Waals surface area contributed by atoms with Gasteiger partial charge in [-0.25, -0.2) is 9.18 Å². The predicted molar refractivity (Wildman–Crippen MR) is 75.5 cm³/mol. The van der Waals surface area contributed by atoms with Gasteiger partial charge in [0.15, 0.2) is 0 Å². The molecule has 0 saturated carbocycles. The number of rotatable bonds is 3. The fourth-order valence-electron chi connectivity index (χ4n) is 1.74. The van der Waals surface area contributed by atoms with Crippen molar-refractivity contribution in [1.29, 1.82) is 5.26 Å². The Balaban J connectivity index is 2.13. The molecule has 0 unspecified atom stereocenters. The molecule has 0 heterocycles. The Kier molecular flexibility index (Phi) is 4.05. The first-order valence-electron chi connectivity index (χ1n) is 6.02. The third-order valence-electron chi connectivity index (χ3n) is 2.83. The Hall–Kier alpha value is -3.07. The van der Waals surface area contributed by atoms with Gasteiger partial charge in [-0.1, -0.05) is 0 Å². The summed E-state index contributed by atoms with van der Waals surface area (Å²) in [6.45, 7) is -0.288. The molecule has 0 spiro atoms. The zero-order valence-corrected chi connectivity index (χ0v) is 11.0. The summed E-state index contributed by atoms with van der Waals surface area (Å²) in [5, 5.41) is 8.76. The highest BCUT2D eigenvalue weighted by Gasteiger charge is 2.13. The minimum Gasteiger partial charge on any atom is -0.457 e. The molecule has 5 nitrogen and oxygen atoms in total. The second-order valence-electron chi connectivity index (χ2n) is 4.34. The summed E-state index contributed by atoms with van der Waals surface area (Å²) in [6, 6.07) is 10.1. The number of nitriles is 1. The van der Waals surface area contributed by atoms with Crippen molar-refractivity contribution < 1.29 is 13.9 Å². The van der Waals surface area contributed by atoms with Crippen LogP contribution in [0.4, 0.5) is 15.8 Å². The Labute approximate surface area is 120 Å². The third kappa shape index (κ3) is 3.28. The molecule has 0 amide bonds. The van der Waals surface area contributed by atoms with Crippen LogP contribution < -0.4 is 11.5 Å². The highest BCUT2D eigenvalue weighted by Crippen LogP contribution is 2.18. The first-order valence-corrected chi connectivity index (χ1v) is 6.02. The Morgan fingerprint density at radius 2 is 2.00 bits per heavy atom. The number of esters is 1. The Morgan fingerprint density at radius 3 is 2.67 bits per heavy atom. The zero-order chi connectivity index (χ0) is 15.4. The lowest BCUT2D eigenvalue weighted by Crippen LogP contribution is -2.09. The van der Waals surface area contributed by atoms with Crippen molar-refractivity contribution in [2.24, 2.45) is 0 Å². The van der Waals surface area contributed by atoms with E-state index in [1.807, 2.05) is 6.07 Å². The second kappa shape index (κ2) is 5.92. The molecule has 2 aromatic carbocycles. The van der Waals surface area contributed by atoms with Crippen LogP contribution in [0.25, 0.3) is 0 Å². The van der Waals surface area contributed by atoms with Crippen LogP contribution in [0.1, 0.15) is 21.5 Å². The molecular formula is C15H12FN3O2. The maximum absolute atomic E-state index is 13.5. The highest BCUT2D eigenvalue weighted by molar-refractivity contribution is 5.95. The number of hydrogen-bond acceptors (Lipinski definition) is 5. The minimum absolute atomic E-state index is 0.122. The summed E-state index contributed by atoms with van der Waals surface area (Å²) in [5.74, 6) is -1.23. The Morgan fingerprint density at radius 1 is 1.24 bits per heavy atom. The van der Waals surface area contributed by atoms with E-state index in [1.165, 1.54) is 30.3 Å². The summed E-state index contributed by atoms with van der Waals surface area (Å²) in [7, 11) is 0. The third-order valence-corrected chi connectivity index (χ3v) is 2.83. The van der Waals surface area contributed by atoms with Crippen molar-refractivity contribution in [3.63, 3.8) is 0 Å². The molecule has 0 aliphatic carbocycles. The molecule has 21 heavy (non-hydrogen) atoms. The van der Waals surface area contributed by atoms with Gasteiger partial charge in [0.1, 0.15) is 12.4 Å². The molecule has 0 saturated heterocycles. The highest BCUT2D eigenvalue weighted by atomic mass is 19.1. The van der Waals surface area contributed by atoms with Crippen molar-refractivity contribution in [1.82, 2.24) is 0 Å².